The van der Waals surface area contributed by atoms with Crippen LogP contribution in [0, 0.1) is 0 Å². The number of aliphatic imine (C=N–C) groups is 1. The molecule has 2 N–H and O–H groups in total. The first-order valence-corrected chi connectivity index (χ1v) is 9.03. The second-order valence-electron chi connectivity index (χ2n) is 6.35. The van der Waals surface area contributed by atoms with E-state index in [4.69, 9.17) is 4.74 Å². The molecule has 0 aliphatic rings. The molecule has 148 valence electrons. The van der Waals surface area contributed by atoms with E-state index in [1.165, 1.54) is 5.56 Å². The summed E-state index contributed by atoms with van der Waals surface area (Å²) in [5.41, 5.74) is 2.44. The highest BCUT2D eigenvalue weighted by Gasteiger charge is 2.05. The molecule has 5 nitrogen and oxygen atoms in total. The van der Waals surface area contributed by atoms with Gasteiger partial charge in [-0.15, -0.1) is 24.0 Å². The molecule has 0 bridgehead atoms. The number of para-hydroxylation sites is 1. The third-order valence-electron chi connectivity index (χ3n) is 3.99. The van der Waals surface area contributed by atoms with Crippen LogP contribution in [0.1, 0.15) is 11.1 Å². The van der Waals surface area contributed by atoms with Crippen molar-refractivity contribution in [2.75, 3.05) is 40.8 Å². The minimum atomic E-state index is 0. The van der Waals surface area contributed by atoms with E-state index in [1.807, 2.05) is 38.4 Å². The maximum absolute atomic E-state index is 5.91. The molecular weight excluding hydrogens is 451 g/mol. The van der Waals surface area contributed by atoms with Gasteiger partial charge in [-0.25, -0.2) is 0 Å². The number of guanidine groups is 1. The number of hydrogen-bond donors (Lipinski definition) is 2. The van der Waals surface area contributed by atoms with E-state index in [2.05, 4.69) is 50.9 Å². The van der Waals surface area contributed by atoms with Gasteiger partial charge in [0.25, 0.3) is 0 Å². The van der Waals surface area contributed by atoms with Crippen molar-refractivity contribution < 1.29 is 4.74 Å². The SMILES string of the molecule is CN=C(NCCc1ccccc1)NCc1ccccc1OCCN(C)C.I. The Morgan fingerprint density at radius 1 is 1.00 bits per heavy atom. The Morgan fingerprint density at radius 3 is 2.41 bits per heavy atom. The maximum atomic E-state index is 5.91. The van der Waals surface area contributed by atoms with Crippen molar-refractivity contribution in [1.82, 2.24) is 15.5 Å². The fourth-order valence-electron chi connectivity index (χ4n) is 2.50. The summed E-state index contributed by atoms with van der Waals surface area (Å²) >= 11 is 0. The summed E-state index contributed by atoms with van der Waals surface area (Å²) in [7, 11) is 5.88. The van der Waals surface area contributed by atoms with Crippen molar-refractivity contribution in [3.8, 4) is 5.75 Å². The van der Waals surface area contributed by atoms with E-state index in [-0.39, 0.29) is 24.0 Å². The summed E-state index contributed by atoms with van der Waals surface area (Å²) in [5, 5.41) is 6.72. The Balaban J connectivity index is 0.00000364. The molecule has 0 atom stereocenters. The minimum absolute atomic E-state index is 0. The van der Waals surface area contributed by atoms with E-state index in [0.29, 0.717) is 13.2 Å². The predicted octanol–water partition coefficient (Wildman–Crippen LogP) is 3.15. The van der Waals surface area contributed by atoms with Crippen molar-refractivity contribution in [3.63, 3.8) is 0 Å². The molecule has 0 saturated heterocycles. The van der Waals surface area contributed by atoms with Gasteiger partial charge >= 0.3 is 0 Å². The van der Waals surface area contributed by atoms with Crippen LogP contribution in [-0.4, -0.2) is 51.7 Å². The Labute approximate surface area is 180 Å². The molecule has 0 amide bonds. The first-order valence-electron chi connectivity index (χ1n) is 9.03. The van der Waals surface area contributed by atoms with E-state index >= 15 is 0 Å². The first-order chi connectivity index (χ1) is 12.7. The largest absolute Gasteiger partial charge is 0.492 e. The van der Waals surface area contributed by atoms with Gasteiger partial charge in [0.15, 0.2) is 5.96 Å². The molecule has 0 spiro atoms. The molecule has 0 unspecified atom stereocenters. The molecule has 2 rings (SSSR count). The molecule has 0 radical (unpaired) electrons. The van der Waals surface area contributed by atoms with Crippen LogP contribution in [0.4, 0.5) is 0 Å². The van der Waals surface area contributed by atoms with Crippen LogP contribution < -0.4 is 15.4 Å². The molecule has 2 aromatic rings. The average molecular weight is 482 g/mol. The number of halogens is 1. The lowest BCUT2D eigenvalue weighted by Gasteiger charge is -2.16. The van der Waals surface area contributed by atoms with Crippen LogP contribution in [0.3, 0.4) is 0 Å². The van der Waals surface area contributed by atoms with Crippen molar-refractivity contribution in [2.45, 2.75) is 13.0 Å². The monoisotopic (exact) mass is 482 g/mol. The summed E-state index contributed by atoms with van der Waals surface area (Å²) < 4.78 is 5.91. The summed E-state index contributed by atoms with van der Waals surface area (Å²) in [6.07, 6.45) is 0.964. The number of ether oxygens (including phenoxy) is 1. The highest BCUT2D eigenvalue weighted by Crippen LogP contribution is 2.17. The molecular formula is C21H31IN4O. The molecule has 0 heterocycles. The number of likely N-dealkylation sites (N-methyl/N-ethyl adjacent to an activating group) is 1. The third kappa shape index (κ3) is 9.10. The molecule has 0 aliphatic heterocycles. The van der Waals surface area contributed by atoms with Crippen molar-refractivity contribution in [2.24, 2.45) is 4.99 Å². The smallest absolute Gasteiger partial charge is 0.191 e. The van der Waals surface area contributed by atoms with Gasteiger partial charge < -0.3 is 20.3 Å². The van der Waals surface area contributed by atoms with Gasteiger partial charge in [-0.3, -0.25) is 4.99 Å². The van der Waals surface area contributed by atoms with Crippen molar-refractivity contribution in [1.29, 1.82) is 0 Å². The topological polar surface area (TPSA) is 48.9 Å². The zero-order valence-electron chi connectivity index (χ0n) is 16.4. The van der Waals surface area contributed by atoms with Crippen LogP contribution in [-0.2, 0) is 13.0 Å². The molecule has 0 aliphatic carbocycles. The Morgan fingerprint density at radius 2 is 1.70 bits per heavy atom. The fourth-order valence-corrected chi connectivity index (χ4v) is 2.50. The quantitative estimate of drug-likeness (QED) is 0.328. The Bertz CT molecular complexity index is 677. The predicted molar refractivity (Wildman–Crippen MR) is 124 cm³/mol. The normalized spacial score (nSPS) is 11.0. The van der Waals surface area contributed by atoms with E-state index in [0.717, 1.165) is 36.8 Å². The van der Waals surface area contributed by atoms with Crippen LogP contribution in [0.25, 0.3) is 0 Å². The van der Waals surface area contributed by atoms with E-state index < -0.39 is 0 Å². The number of benzene rings is 2. The molecule has 0 fully saturated rings. The first kappa shape index (κ1) is 23.2. The van der Waals surface area contributed by atoms with Gasteiger partial charge in [0.05, 0.1) is 0 Å². The van der Waals surface area contributed by atoms with Gasteiger partial charge in [0, 0.05) is 32.2 Å². The van der Waals surface area contributed by atoms with E-state index in [9.17, 15) is 0 Å². The second kappa shape index (κ2) is 13.4. The van der Waals surface area contributed by atoms with E-state index in [1.54, 1.807) is 7.05 Å². The Hall–Kier alpha value is -1.80. The zero-order valence-corrected chi connectivity index (χ0v) is 18.8. The van der Waals surface area contributed by atoms with Gasteiger partial charge in [-0.2, -0.15) is 0 Å². The lowest BCUT2D eigenvalue weighted by molar-refractivity contribution is 0.259. The van der Waals surface area contributed by atoms with Crippen molar-refractivity contribution in [3.05, 3.63) is 65.7 Å². The number of rotatable bonds is 9. The highest BCUT2D eigenvalue weighted by atomic mass is 127. The van der Waals surface area contributed by atoms with Gasteiger partial charge in [-0.05, 0) is 32.1 Å². The van der Waals surface area contributed by atoms with Crippen LogP contribution in [0.15, 0.2) is 59.6 Å². The van der Waals surface area contributed by atoms with Gasteiger partial charge in [0.1, 0.15) is 12.4 Å². The van der Waals surface area contributed by atoms with Gasteiger partial charge in [0.2, 0.25) is 0 Å². The number of nitrogens with zero attached hydrogens (tertiary/aromatic N) is 2. The molecule has 0 saturated carbocycles. The fraction of sp³-hybridized carbons (Fsp3) is 0.381. The minimum Gasteiger partial charge on any atom is -0.492 e. The van der Waals surface area contributed by atoms with Gasteiger partial charge in [-0.1, -0.05) is 48.5 Å². The summed E-state index contributed by atoms with van der Waals surface area (Å²) in [4.78, 5) is 6.41. The third-order valence-corrected chi connectivity index (χ3v) is 3.99. The van der Waals surface area contributed by atoms with Crippen molar-refractivity contribution >= 4 is 29.9 Å². The zero-order chi connectivity index (χ0) is 18.6. The highest BCUT2D eigenvalue weighted by molar-refractivity contribution is 14.0. The summed E-state index contributed by atoms with van der Waals surface area (Å²) in [6, 6.07) is 18.6. The number of hydrogen-bond acceptors (Lipinski definition) is 3. The lowest BCUT2D eigenvalue weighted by atomic mass is 10.1. The molecule has 27 heavy (non-hydrogen) atoms. The second-order valence-corrected chi connectivity index (χ2v) is 6.35. The summed E-state index contributed by atoms with van der Waals surface area (Å²) in [5.74, 6) is 1.71. The summed E-state index contributed by atoms with van der Waals surface area (Å²) in [6.45, 7) is 3.08. The molecule has 6 heteroatoms. The Kier molecular flexibility index (Phi) is 11.5. The molecule has 0 aromatic heterocycles. The molecule has 2 aromatic carbocycles. The standard InChI is InChI=1S/C21H30N4O.HI/c1-22-21(23-14-13-18-9-5-4-6-10-18)24-17-19-11-7-8-12-20(19)26-16-15-25(2)3;/h4-12H,13-17H2,1-3H3,(H2,22,23,24);1H. The van der Waals surface area contributed by atoms with Crippen LogP contribution in [0.2, 0.25) is 0 Å². The number of nitrogens with one attached hydrogen (secondary N) is 2. The van der Waals surface area contributed by atoms with Crippen LogP contribution >= 0.6 is 24.0 Å². The van der Waals surface area contributed by atoms with Crippen LogP contribution in [0.5, 0.6) is 5.75 Å². The maximum Gasteiger partial charge on any atom is 0.191 e. The lowest BCUT2D eigenvalue weighted by Crippen LogP contribution is -2.37. The average Bonchev–Trinajstić information content (AvgIpc) is 2.66.